The molecule has 0 aliphatic heterocycles. The summed E-state index contributed by atoms with van der Waals surface area (Å²) in [5, 5.41) is 0. The number of aliphatic imine (C=N–C) groups is 1. The summed E-state index contributed by atoms with van der Waals surface area (Å²) in [7, 11) is 1.79. The summed E-state index contributed by atoms with van der Waals surface area (Å²) in [5.74, 6) is 6.86. The van der Waals surface area contributed by atoms with E-state index in [4.69, 9.17) is 5.84 Å². The average molecular weight is 141 g/mol. The lowest BCUT2D eigenvalue weighted by Gasteiger charge is -2.10. The van der Waals surface area contributed by atoms with E-state index in [0.717, 1.165) is 5.84 Å². The normalized spacial score (nSPS) is 21.6. The van der Waals surface area contributed by atoms with E-state index in [-0.39, 0.29) is 0 Å². The lowest BCUT2D eigenvalue weighted by molar-refractivity contribution is 0.693. The van der Waals surface area contributed by atoms with Crippen LogP contribution in [0.25, 0.3) is 0 Å². The van der Waals surface area contributed by atoms with E-state index >= 15 is 0 Å². The molecule has 0 saturated heterocycles. The Labute approximate surface area is 61.7 Å². The summed E-state index contributed by atoms with van der Waals surface area (Å²) in [6, 6.07) is 0. The highest BCUT2D eigenvalue weighted by Gasteiger charge is 2.19. The molecule has 0 heterocycles. The summed E-state index contributed by atoms with van der Waals surface area (Å²) in [5.41, 5.74) is 2.64. The van der Waals surface area contributed by atoms with Gasteiger partial charge < -0.3 is 5.43 Å². The van der Waals surface area contributed by atoms with Gasteiger partial charge in [0.2, 0.25) is 0 Å². The molecular weight excluding hydrogens is 126 g/mol. The molecule has 0 amide bonds. The van der Waals surface area contributed by atoms with Crippen molar-refractivity contribution in [3.8, 4) is 0 Å². The standard InChI is InChI=1S/C7H15N3/c1-9-7(10-8)6-4-2-3-5-6/h6H,2-5,8H2,1H3,(H,9,10). The fourth-order valence-electron chi connectivity index (χ4n) is 1.56. The molecule has 0 bridgehead atoms. The van der Waals surface area contributed by atoms with E-state index in [2.05, 4.69) is 10.4 Å². The van der Waals surface area contributed by atoms with Crippen molar-refractivity contribution in [3.05, 3.63) is 0 Å². The molecule has 58 valence electrons. The maximum absolute atomic E-state index is 5.28. The zero-order chi connectivity index (χ0) is 7.40. The van der Waals surface area contributed by atoms with Gasteiger partial charge in [-0.3, -0.25) is 4.99 Å². The molecule has 0 radical (unpaired) electrons. The van der Waals surface area contributed by atoms with Crippen molar-refractivity contribution >= 4 is 5.84 Å². The molecule has 3 N–H and O–H groups in total. The molecule has 1 rings (SSSR count). The van der Waals surface area contributed by atoms with Crippen LogP contribution in [0.3, 0.4) is 0 Å². The van der Waals surface area contributed by atoms with Gasteiger partial charge in [0, 0.05) is 13.0 Å². The van der Waals surface area contributed by atoms with Crippen LogP contribution >= 0.6 is 0 Å². The number of hydrogen-bond acceptors (Lipinski definition) is 2. The molecule has 3 heteroatoms. The second-order valence-electron chi connectivity index (χ2n) is 2.73. The third kappa shape index (κ3) is 1.48. The van der Waals surface area contributed by atoms with Crippen LogP contribution in [0.15, 0.2) is 4.99 Å². The predicted molar refractivity (Wildman–Crippen MR) is 42.6 cm³/mol. The van der Waals surface area contributed by atoms with E-state index in [9.17, 15) is 0 Å². The smallest absolute Gasteiger partial charge is 0.113 e. The van der Waals surface area contributed by atoms with E-state index in [1.807, 2.05) is 0 Å². The van der Waals surface area contributed by atoms with Crippen molar-refractivity contribution in [2.24, 2.45) is 16.8 Å². The molecule has 3 nitrogen and oxygen atoms in total. The number of hydrogen-bond donors (Lipinski definition) is 2. The van der Waals surface area contributed by atoms with Crippen molar-refractivity contribution < 1.29 is 0 Å². The number of nitrogens with one attached hydrogen (secondary N) is 1. The molecule has 0 aromatic heterocycles. The molecular formula is C7H15N3. The van der Waals surface area contributed by atoms with Crippen LogP contribution in [0.5, 0.6) is 0 Å². The molecule has 1 fully saturated rings. The lowest BCUT2D eigenvalue weighted by atomic mass is 10.1. The Morgan fingerprint density at radius 3 is 2.50 bits per heavy atom. The summed E-state index contributed by atoms with van der Waals surface area (Å²) in [4.78, 5) is 4.07. The molecule has 0 atom stereocenters. The van der Waals surface area contributed by atoms with Gasteiger partial charge >= 0.3 is 0 Å². The van der Waals surface area contributed by atoms with Crippen molar-refractivity contribution in [2.45, 2.75) is 25.7 Å². The highest BCUT2D eigenvalue weighted by atomic mass is 15.2. The number of nitrogens with zero attached hydrogens (tertiary/aromatic N) is 1. The van der Waals surface area contributed by atoms with E-state index in [1.54, 1.807) is 7.05 Å². The second kappa shape index (κ2) is 3.56. The zero-order valence-electron chi connectivity index (χ0n) is 6.43. The first kappa shape index (κ1) is 7.54. The molecule has 1 aliphatic rings. The molecule has 1 aliphatic carbocycles. The van der Waals surface area contributed by atoms with Gasteiger partial charge in [0.05, 0.1) is 0 Å². The summed E-state index contributed by atoms with van der Waals surface area (Å²) < 4.78 is 0. The van der Waals surface area contributed by atoms with Crippen molar-refractivity contribution in [3.63, 3.8) is 0 Å². The summed E-state index contributed by atoms with van der Waals surface area (Å²) in [6.45, 7) is 0. The zero-order valence-corrected chi connectivity index (χ0v) is 6.43. The van der Waals surface area contributed by atoms with Crippen LogP contribution in [0.1, 0.15) is 25.7 Å². The van der Waals surface area contributed by atoms with Gasteiger partial charge in [0.1, 0.15) is 5.84 Å². The maximum Gasteiger partial charge on any atom is 0.113 e. The summed E-state index contributed by atoms with van der Waals surface area (Å²) in [6.07, 6.45) is 5.14. The monoisotopic (exact) mass is 141 g/mol. The minimum atomic E-state index is 0.606. The van der Waals surface area contributed by atoms with E-state index < -0.39 is 0 Å². The molecule has 0 aromatic rings. The third-order valence-electron chi connectivity index (χ3n) is 2.13. The largest absolute Gasteiger partial charge is 0.312 e. The van der Waals surface area contributed by atoms with Crippen LogP contribution in [0.4, 0.5) is 0 Å². The van der Waals surface area contributed by atoms with Crippen LogP contribution in [-0.2, 0) is 0 Å². The van der Waals surface area contributed by atoms with Crippen LogP contribution in [-0.4, -0.2) is 12.9 Å². The summed E-state index contributed by atoms with van der Waals surface area (Å²) >= 11 is 0. The van der Waals surface area contributed by atoms with Crippen molar-refractivity contribution in [2.75, 3.05) is 7.05 Å². The average Bonchev–Trinajstić information content (AvgIpc) is 2.43. The topological polar surface area (TPSA) is 50.4 Å². The fraction of sp³-hybridized carbons (Fsp3) is 0.857. The first-order valence-electron chi connectivity index (χ1n) is 3.81. The highest BCUT2D eigenvalue weighted by Crippen LogP contribution is 2.24. The SMILES string of the molecule is CN=C(NN)C1CCCC1. The quantitative estimate of drug-likeness (QED) is 0.244. The minimum Gasteiger partial charge on any atom is -0.312 e. The second-order valence-corrected chi connectivity index (χ2v) is 2.73. The Bertz CT molecular complexity index is 125. The third-order valence-corrected chi connectivity index (χ3v) is 2.13. The first-order valence-corrected chi connectivity index (χ1v) is 3.81. The van der Waals surface area contributed by atoms with Gasteiger partial charge in [-0.2, -0.15) is 0 Å². The Morgan fingerprint density at radius 2 is 2.10 bits per heavy atom. The molecule has 0 spiro atoms. The predicted octanol–water partition coefficient (Wildman–Crippen LogP) is 0.668. The number of amidine groups is 1. The van der Waals surface area contributed by atoms with Crippen LogP contribution in [0, 0.1) is 5.92 Å². The van der Waals surface area contributed by atoms with Gasteiger partial charge in [0.25, 0.3) is 0 Å². The lowest BCUT2D eigenvalue weighted by Crippen LogP contribution is -2.35. The van der Waals surface area contributed by atoms with Crippen LogP contribution in [0.2, 0.25) is 0 Å². The number of nitrogens with two attached hydrogens (primary N) is 1. The highest BCUT2D eigenvalue weighted by molar-refractivity contribution is 5.84. The maximum atomic E-state index is 5.28. The molecule has 0 aromatic carbocycles. The molecule has 1 saturated carbocycles. The fourth-order valence-corrected chi connectivity index (χ4v) is 1.56. The van der Waals surface area contributed by atoms with Gasteiger partial charge in [-0.1, -0.05) is 12.8 Å². The molecule has 10 heavy (non-hydrogen) atoms. The van der Waals surface area contributed by atoms with E-state index in [0.29, 0.717) is 5.92 Å². The van der Waals surface area contributed by atoms with Gasteiger partial charge in [-0.05, 0) is 12.8 Å². The minimum absolute atomic E-state index is 0.606. The first-order chi connectivity index (χ1) is 4.88. The number of hydrazine groups is 1. The Hall–Kier alpha value is -0.570. The Kier molecular flexibility index (Phi) is 2.68. The Morgan fingerprint density at radius 1 is 1.50 bits per heavy atom. The van der Waals surface area contributed by atoms with Gasteiger partial charge in [-0.25, -0.2) is 5.84 Å². The number of rotatable bonds is 1. The van der Waals surface area contributed by atoms with Crippen molar-refractivity contribution in [1.29, 1.82) is 0 Å². The van der Waals surface area contributed by atoms with Crippen molar-refractivity contribution in [1.82, 2.24) is 5.43 Å². The van der Waals surface area contributed by atoms with Crippen LogP contribution < -0.4 is 11.3 Å². The Balaban J connectivity index is 2.45. The molecule has 0 unspecified atom stereocenters. The van der Waals surface area contributed by atoms with Gasteiger partial charge in [-0.15, -0.1) is 0 Å². The van der Waals surface area contributed by atoms with E-state index in [1.165, 1.54) is 25.7 Å². The van der Waals surface area contributed by atoms with Gasteiger partial charge in [0.15, 0.2) is 0 Å².